The van der Waals surface area contributed by atoms with Crippen LogP contribution in [0.1, 0.15) is 23.6 Å². The number of rotatable bonds is 13. The van der Waals surface area contributed by atoms with Crippen LogP contribution in [0.4, 0.5) is 0 Å². The topological polar surface area (TPSA) is 46.2 Å². The summed E-state index contributed by atoms with van der Waals surface area (Å²) < 4.78 is 41.4. The fourth-order valence-corrected chi connectivity index (χ4v) is 5.19. The average Bonchev–Trinajstić information content (AvgIpc) is 3.33. The van der Waals surface area contributed by atoms with E-state index < -0.39 is 30.5 Å². The number of ether oxygens (including phenoxy) is 4. The Labute approximate surface area is 246 Å². The molecule has 1 heterocycles. The van der Waals surface area contributed by atoms with Crippen molar-refractivity contribution in [1.29, 1.82) is 0 Å². The maximum absolute atomic E-state index is 9.33. The lowest BCUT2D eigenvalue weighted by atomic mass is 9.97. The van der Waals surface area contributed by atoms with Crippen LogP contribution >= 0.6 is 23.0 Å². The Balaban J connectivity index is 1.44. The summed E-state index contributed by atoms with van der Waals surface area (Å²) in [6, 6.07) is 39.5. The summed E-state index contributed by atoms with van der Waals surface area (Å²) in [6.07, 6.45) is -2.68. The minimum Gasteiger partial charge on any atom is -0.374 e. The normalized spacial score (nSPS) is 23.8. The van der Waals surface area contributed by atoms with Gasteiger partial charge in [0.1, 0.15) is 41.3 Å². The predicted molar refractivity (Wildman–Crippen MR) is 159 cm³/mol. The summed E-state index contributed by atoms with van der Waals surface area (Å²) in [4.78, 5) is 0. The van der Waals surface area contributed by atoms with Crippen LogP contribution in [-0.2, 0) is 48.2 Å². The summed E-state index contributed by atoms with van der Waals surface area (Å²) in [5.41, 5.74) is 3.88. The van der Waals surface area contributed by atoms with Crippen LogP contribution in [0.3, 0.4) is 0 Å². The Kier molecular flexibility index (Phi) is 9.67. The van der Waals surface area contributed by atoms with Crippen LogP contribution in [0, 0.1) is 0 Å². The van der Waals surface area contributed by atoms with Gasteiger partial charge in [0.15, 0.2) is 0 Å². The van der Waals surface area contributed by atoms with E-state index >= 15 is 0 Å². The molecule has 6 heteroatoms. The first-order valence-electron chi connectivity index (χ1n) is 13.6. The molecule has 1 aliphatic heterocycles. The Morgan fingerprint density at radius 3 is 1.62 bits per heavy atom. The second kappa shape index (κ2) is 14.2. The van der Waals surface area contributed by atoms with Crippen molar-refractivity contribution in [3.05, 3.63) is 144 Å². The highest BCUT2D eigenvalue weighted by Crippen LogP contribution is 2.41. The highest BCUT2D eigenvalue weighted by molar-refractivity contribution is 14.1. The third kappa shape index (κ3) is 7.54. The summed E-state index contributed by atoms with van der Waals surface area (Å²) in [7, 11) is 0. The van der Waals surface area contributed by atoms with E-state index in [1.54, 1.807) is 0 Å². The van der Waals surface area contributed by atoms with E-state index in [0.717, 1.165) is 22.3 Å². The molecule has 1 fully saturated rings. The zero-order valence-electron chi connectivity index (χ0n) is 22.6. The molecular formula is C33H33IO5. The van der Waals surface area contributed by atoms with Crippen molar-refractivity contribution >= 4 is 23.0 Å². The zero-order valence-corrected chi connectivity index (χ0v) is 23.8. The van der Waals surface area contributed by atoms with E-state index in [4.69, 9.17) is 22.0 Å². The molecule has 5 rings (SSSR count). The van der Waals surface area contributed by atoms with Gasteiger partial charge in [0, 0.05) is 7.77 Å². The lowest BCUT2D eigenvalue weighted by molar-refractivity contribution is -0.208. The van der Waals surface area contributed by atoms with Gasteiger partial charge in [-0.2, -0.15) is 0 Å². The van der Waals surface area contributed by atoms with Crippen molar-refractivity contribution in [2.24, 2.45) is 0 Å². The van der Waals surface area contributed by atoms with Gasteiger partial charge in [0.2, 0.25) is 5.79 Å². The molecule has 0 aliphatic carbocycles. The molecule has 39 heavy (non-hydrogen) atoms. The van der Waals surface area contributed by atoms with E-state index in [1.165, 1.54) is 0 Å². The molecule has 2 unspecified atom stereocenters. The van der Waals surface area contributed by atoms with Crippen molar-refractivity contribution in [1.82, 2.24) is 0 Å². The van der Waals surface area contributed by atoms with Gasteiger partial charge in [-0.05, 0) is 22.3 Å². The molecule has 4 aromatic carbocycles. The van der Waals surface area contributed by atoms with Gasteiger partial charge >= 0.3 is 0 Å². The smallest absolute Gasteiger partial charge is 0.213 e. The molecule has 0 spiro atoms. The molecule has 5 atom stereocenters. The second-order valence-corrected chi connectivity index (χ2v) is 9.93. The summed E-state index contributed by atoms with van der Waals surface area (Å²) in [5.74, 6) is -1.43. The fourth-order valence-electron chi connectivity index (χ4n) is 4.71. The lowest BCUT2D eigenvalue weighted by Crippen LogP contribution is -2.48. The zero-order chi connectivity index (χ0) is 27.6. The Morgan fingerprint density at radius 1 is 0.641 bits per heavy atom. The maximum atomic E-state index is 9.33. The third-order valence-corrected chi connectivity index (χ3v) is 7.32. The molecular weight excluding hydrogens is 603 g/mol. The summed E-state index contributed by atoms with van der Waals surface area (Å²) >= 11 is 1.84. The number of halogens is 1. The van der Waals surface area contributed by atoms with Gasteiger partial charge in [-0.25, -0.2) is 0 Å². The van der Waals surface area contributed by atoms with Crippen molar-refractivity contribution in [2.75, 3.05) is 6.61 Å². The average molecular weight is 638 g/mol. The molecule has 1 aliphatic rings. The van der Waals surface area contributed by atoms with Crippen LogP contribution in [-0.4, -0.2) is 30.7 Å². The molecule has 202 valence electrons. The first-order valence-corrected chi connectivity index (χ1v) is 13.9. The lowest BCUT2D eigenvalue weighted by Gasteiger charge is -2.33. The van der Waals surface area contributed by atoms with Gasteiger partial charge in [-0.1, -0.05) is 121 Å². The Bertz CT molecular complexity index is 1280. The van der Waals surface area contributed by atoms with E-state index in [2.05, 4.69) is 0 Å². The van der Waals surface area contributed by atoms with Crippen molar-refractivity contribution < 1.29 is 23.4 Å². The maximum Gasteiger partial charge on any atom is 0.213 e. The largest absolute Gasteiger partial charge is 0.374 e. The SMILES string of the molecule is [2H]C(c1ccccc1)C1(OI)O[C@H](COCc2ccccc2)[C@@H](OCc2ccccc2)[C@H]1OCc1ccccc1. The first-order chi connectivity index (χ1) is 19.7. The predicted octanol–water partition coefficient (Wildman–Crippen LogP) is 7.08. The number of benzene rings is 4. The van der Waals surface area contributed by atoms with Crippen LogP contribution in [0.15, 0.2) is 121 Å². The van der Waals surface area contributed by atoms with Crippen LogP contribution in [0.2, 0.25) is 0 Å². The van der Waals surface area contributed by atoms with Gasteiger partial charge < -0.3 is 18.9 Å². The fraction of sp³-hybridized carbons (Fsp3) is 0.273. The molecule has 0 aromatic heterocycles. The van der Waals surface area contributed by atoms with Gasteiger partial charge in [-0.3, -0.25) is 3.07 Å². The molecule has 1 saturated heterocycles. The second-order valence-electron chi connectivity index (χ2n) is 9.49. The van der Waals surface area contributed by atoms with Crippen LogP contribution in [0.5, 0.6) is 0 Å². The molecule has 0 amide bonds. The summed E-state index contributed by atoms with van der Waals surface area (Å²) in [6.45, 7) is 1.37. The highest BCUT2D eigenvalue weighted by atomic mass is 127. The minimum atomic E-state index is -1.43. The van der Waals surface area contributed by atoms with Gasteiger partial charge in [-0.15, -0.1) is 0 Å². The molecule has 0 N–H and O–H groups in total. The first kappa shape index (κ1) is 26.6. The number of hydrogen-bond donors (Lipinski definition) is 0. The van der Waals surface area contributed by atoms with Crippen molar-refractivity contribution in [3.63, 3.8) is 0 Å². The number of hydrogen-bond acceptors (Lipinski definition) is 5. The summed E-state index contributed by atoms with van der Waals surface area (Å²) in [5, 5.41) is 0. The monoisotopic (exact) mass is 637 g/mol. The van der Waals surface area contributed by atoms with Crippen LogP contribution in [0.25, 0.3) is 0 Å². The van der Waals surface area contributed by atoms with Crippen molar-refractivity contribution in [2.45, 2.75) is 50.3 Å². The van der Waals surface area contributed by atoms with E-state index in [0.29, 0.717) is 19.8 Å². The van der Waals surface area contributed by atoms with Crippen molar-refractivity contribution in [3.8, 4) is 0 Å². The Hall–Kier alpha value is -2.59. The molecule has 0 radical (unpaired) electrons. The third-order valence-electron chi connectivity index (χ3n) is 6.64. The highest BCUT2D eigenvalue weighted by Gasteiger charge is 2.58. The Morgan fingerprint density at radius 2 is 1.10 bits per heavy atom. The molecule has 4 aromatic rings. The quantitative estimate of drug-likeness (QED) is 0.147. The molecule has 0 saturated carbocycles. The van der Waals surface area contributed by atoms with E-state index in [9.17, 15) is 1.37 Å². The molecule has 0 bridgehead atoms. The van der Waals surface area contributed by atoms with Gasteiger partial charge in [0.25, 0.3) is 0 Å². The van der Waals surface area contributed by atoms with Gasteiger partial charge in [0.05, 0.1) is 26.4 Å². The standard InChI is InChI=1S/C33H33IO5/c34-39-33(21-26-13-5-1-6-14-26)32(37-24-29-19-11-4-12-20-29)31(36-23-28-17-9-3-10-18-28)30(38-33)25-35-22-27-15-7-2-8-16-27/h1-20,30-32H,21-25H2/t30-,31-,32-,33?/m1/s1/i21D/t21?,30-,31-,32-,33?. The minimum absolute atomic E-state index is 0.253. The van der Waals surface area contributed by atoms with Crippen LogP contribution < -0.4 is 0 Å². The van der Waals surface area contributed by atoms with E-state index in [-0.39, 0.29) is 6.61 Å². The molecule has 5 nitrogen and oxygen atoms in total. The van der Waals surface area contributed by atoms with E-state index in [1.807, 2.05) is 144 Å².